The van der Waals surface area contributed by atoms with Crippen LogP contribution >= 0.6 is 11.3 Å². The molecule has 0 spiro atoms. The highest BCUT2D eigenvalue weighted by Crippen LogP contribution is 2.37. The topological polar surface area (TPSA) is 50.2 Å². The minimum Gasteiger partial charge on any atom is -0.313 e. The molecule has 0 bridgehead atoms. The molecular weight excluding hydrogens is 332 g/mol. The van der Waals surface area contributed by atoms with Crippen molar-refractivity contribution in [3.8, 4) is 0 Å². The predicted molar refractivity (Wildman–Crippen MR) is 99.9 cm³/mol. The largest absolute Gasteiger partial charge is 0.322 e. The van der Waals surface area contributed by atoms with E-state index in [9.17, 15) is 4.79 Å². The Morgan fingerprint density at radius 3 is 2.92 bits per heavy atom. The Labute approximate surface area is 150 Å². The van der Waals surface area contributed by atoms with E-state index >= 15 is 0 Å². The third-order valence-corrected chi connectivity index (χ3v) is 5.55. The molecule has 0 radical (unpaired) electrons. The summed E-state index contributed by atoms with van der Waals surface area (Å²) in [6.45, 7) is 3.51. The average Bonchev–Trinajstić information content (AvgIpc) is 3.30. The molecule has 1 aromatic carbocycles. The van der Waals surface area contributed by atoms with Gasteiger partial charge in [-0.1, -0.05) is 30.3 Å². The lowest BCUT2D eigenvalue weighted by Crippen LogP contribution is -2.42. The van der Waals surface area contributed by atoms with Gasteiger partial charge in [0.2, 0.25) is 0 Å². The van der Waals surface area contributed by atoms with Gasteiger partial charge in [-0.2, -0.15) is 5.10 Å². The number of hydrogen-bond donors (Lipinski definition) is 1. The predicted octanol–water partition coefficient (Wildman–Crippen LogP) is 4.14. The average molecular weight is 352 g/mol. The SMILES string of the molecule is CCn1cc(NC(=O)N2CCc3sccc3[C@H]2c2ccccc2)cn1. The lowest BCUT2D eigenvalue weighted by molar-refractivity contribution is 0.194. The molecule has 0 aliphatic carbocycles. The van der Waals surface area contributed by atoms with E-state index in [0.29, 0.717) is 6.54 Å². The summed E-state index contributed by atoms with van der Waals surface area (Å²) in [6, 6.07) is 12.3. The number of anilines is 1. The Morgan fingerprint density at radius 2 is 2.16 bits per heavy atom. The van der Waals surface area contributed by atoms with Crippen LogP contribution in [0.15, 0.2) is 54.2 Å². The van der Waals surface area contributed by atoms with Crippen LogP contribution in [0.3, 0.4) is 0 Å². The van der Waals surface area contributed by atoms with E-state index in [-0.39, 0.29) is 12.1 Å². The number of nitrogens with one attached hydrogen (secondary N) is 1. The number of carbonyl (C=O) groups excluding carboxylic acids is 1. The van der Waals surface area contributed by atoms with Crippen LogP contribution in [0, 0.1) is 0 Å². The van der Waals surface area contributed by atoms with E-state index < -0.39 is 0 Å². The molecular formula is C19H20N4OS. The van der Waals surface area contributed by atoms with Gasteiger partial charge >= 0.3 is 6.03 Å². The summed E-state index contributed by atoms with van der Waals surface area (Å²) in [5.74, 6) is 0. The second-order valence-electron chi connectivity index (χ2n) is 6.07. The van der Waals surface area contributed by atoms with Crippen molar-refractivity contribution in [1.82, 2.24) is 14.7 Å². The van der Waals surface area contributed by atoms with Gasteiger partial charge in [0.25, 0.3) is 0 Å². The van der Waals surface area contributed by atoms with Gasteiger partial charge in [0, 0.05) is 24.2 Å². The van der Waals surface area contributed by atoms with Crippen LogP contribution in [0.1, 0.15) is 29.0 Å². The van der Waals surface area contributed by atoms with Crippen molar-refractivity contribution in [2.45, 2.75) is 25.9 Å². The fourth-order valence-electron chi connectivity index (χ4n) is 3.33. The number of benzene rings is 1. The van der Waals surface area contributed by atoms with E-state index in [0.717, 1.165) is 24.2 Å². The van der Waals surface area contributed by atoms with Gasteiger partial charge in [-0.3, -0.25) is 4.68 Å². The fraction of sp³-hybridized carbons (Fsp3) is 0.263. The van der Waals surface area contributed by atoms with Gasteiger partial charge in [0.15, 0.2) is 0 Å². The number of amides is 2. The smallest absolute Gasteiger partial charge is 0.313 e. The summed E-state index contributed by atoms with van der Waals surface area (Å²) in [6.07, 6.45) is 4.45. The number of urea groups is 1. The molecule has 3 aromatic rings. The van der Waals surface area contributed by atoms with E-state index in [1.165, 1.54) is 10.4 Å². The van der Waals surface area contributed by atoms with Crippen molar-refractivity contribution in [3.05, 3.63) is 70.2 Å². The van der Waals surface area contributed by atoms with Gasteiger partial charge in [0.1, 0.15) is 0 Å². The second kappa shape index (κ2) is 6.72. The molecule has 1 N–H and O–H groups in total. The third-order valence-electron chi connectivity index (χ3n) is 4.55. The molecule has 2 aromatic heterocycles. The minimum atomic E-state index is -0.0821. The maximum Gasteiger partial charge on any atom is 0.322 e. The first-order chi connectivity index (χ1) is 12.3. The lowest BCUT2D eigenvalue weighted by Gasteiger charge is -2.36. The Balaban J connectivity index is 1.64. The minimum absolute atomic E-state index is 0.0441. The van der Waals surface area contributed by atoms with Crippen LogP contribution < -0.4 is 5.32 Å². The van der Waals surface area contributed by atoms with Crippen LogP contribution in [-0.4, -0.2) is 27.3 Å². The number of aryl methyl sites for hydroxylation is 1. The van der Waals surface area contributed by atoms with Crippen LogP contribution in [0.2, 0.25) is 0 Å². The number of rotatable bonds is 3. The highest BCUT2D eigenvalue weighted by atomic mass is 32.1. The summed E-state index contributed by atoms with van der Waals surface area (Å²) in [5.41, 5.74) is 3.11. The fourth-order valence-corrected chi connectivity index (χ4v) is 4.23. The molecule has 1 aliphatic heterocycles. The highest BCUT2D eigenvalue weighted by Gasteiger charge is 2.32. The van der Waals surface area contributed by atoms with Gasteiger partial charge in [-0.05, 0) is 35.9 Å². The first kappa shape index (κ1) is 15.9. The Morgan fingerprint density at radius 1 is 1.32 bits per heavy atom. The number of thiophene rings is 1. The van der Waals surface area contributed by atoms with Crippen molar-refractivity contribution in [2.24, 2.45) is 0 Å². The zero-order chi connectivity index (χ0) is 17.2. The van der Waals surface area contributed by atoms with Crippen molar-refractivity contribution in [2.75, 3.05) is 11.9 Å². The first-order valence-electron chi connectivity index (χ1n) is 8.47. The zero-order valence-electron chi connectivity index (χ0n) is 14.1. The van der Waals surface area contributed by atoms with Gasteiger partial charge in [0.05, 0.1) is 17.9 Å². The molecule has 6 heteroatoms. The molecule has 1 atom stereocenters. The maximum atomic E-state index is 13.0. The Kier molecular flexibility index (Phi) is 4.28. The van der Waals surface area contributed by atoms with Crippen molar-refractivity contribution in [3.63, 3.8) is 0 Å². The molecule has 1 aliphatic rings. The molecule has 4 rings (SSSR count). The van der Waals surface area contributed by atoms with Crippen molar-refractivity contribution < 1.29 is 4.79 Å². The standard InChI is InChI=1S/C19H20N4OS/c1-2-22-13-15(12-20-22)21-19(24)23-10-8-17-16(9-11-25-17)18(23)14-6-4-3-5-7-14/h3-7,9,11-13,18H,2,8,10H2,1H3,(H,21,24)/t18-/m1/s1. The van der Waals surface area contributed by atoms with Crippen LogP contribution in [0.4, 0.5) is 10.5 Å². The molecule has 2 amide bonds. The molecule has 0 saturated heterocycles. The second-order valence-corrected chi connectivity index (χ2v) is 7.07. The Hall–Kier alpha value is -2.60. The van der Waals surface area contributed by atoms with E-state index in [2.05, 4.69) is 34.0 Å². The van der Waals surface area contributed by atoms with Gasteiger partial charge in [-0.15, -0.1) is 11.3 Å². The normalized spacial score (nSPS) is 16.5. The van der Waals surface area contributed by atoms with E-state index in [1.54, 1.807) is 22.2 Å². The van der Waals surface area contributed by atoms with Crippen LogP contribution in [0.25, 0.3) is 0 Å². The molecule has 0 fully saturated rings. The molecule has 3 heterocycles. The van der Waals surface area contributed by atoms with E-state index in [1.807, 2.05) is 36.2 Å². The number of nitrogens with zero attached hydrogens (tertiary/aromatic N) is 3. The van der Waals surface area contributed by atoms with Gasteiger partial charge in [-0.25, -0.2) is 4.79 Å². The highest BCUT2D eigenvalue weighted by molar-refractivity contribution is 7.10. The number of fused-ring (bicyclic) bond motifs is 1. The monoisotopic (exact) mass is 352 g/mol. The van der Waals surface area contributed by atoms with Crippen molar-refractivity contribution in [1.29, 1.82) is 0 Å². The number of carbonyl (C=O) groups is 1. The zero-order valence-corrected chi connectivity index (χ0v) is 14.9. The molecule has 128 valence electrons. The third kappa shape index (κ3) is 3.05. The summed E-state index contributed by atoms with van der Waals surface area (Å²) in [4.78, 5) is 16.3. The van der Waals surface area contributed by atoms with Gasteiger partial charge < -0.3 is 10.2 Å². The molecule has 5 nitrogen and oxygen atoms in total. The van der Waals surface area contributed by atoms with Crippen molar-refractivity contribution >= 4 is 23.1 Å². The van der Waals surface area contributed by atoms with Crippen LogP contribution in [0.5, 0.6) is 0 Å². The number of aromatic nitrogens is 2. The quantitative estimate of drug-likeness (QED) is 0.770. The molecule has 0 saturated carbocycles. The lowest BCUT2D eigenvalue weighted by atomic mass is 9.93. The maximum absolute atomic E-state index is 13.0. The summed E-state index contributed by atoms with van der Waals surface area (Å²) in [7, 11) is 0. The Bertz CT molecular complexity index is 870. The number of hydrogen-bond acceptors (Lipinski definition) is 3. The van der Waals surface area contributed by atoms with Crippen LogP contribution in [-0.2, 0) is 13.0 Å². The first-order valence-corrected chi connectivity index (χ1v) is 9.35. The van der Waals surface area contributed by atoms with E-state index in [4.69, 9.17) is 0 Å². The molecule has 25 heavy (non-hydrogen) atoms. The summed E-state index contributed by atoms with van der Waals surface area (Å²) in [5, 5.41) is 9.34. The molecule has 0 unspecified atom stereocenters. The summed E-state index contributed by atoms with van der Waals surface area (Å²) < 4.78 is 1.80. The summed E-state index contributed by atoms with van der Waals surface area (Å²) >= 11 is 1.78.